The third-order valence-electron chi connectivity index (χ3n) is 3.10. The van der Waals surface area contributed by atoms with Crippen molar-refractivity contribution in [2.45, 2.75) is 52.2 Å². The van der Waals surface area contributed by atoms with Crippen molar-refractivity contribution in [2.24, 2.45) is 5.92 Å². The molecule has 0 aromatic heterocycles. The van der Waals surface area contributed by atoms with Crippen molar-refractivity contribution in [2.75, 3.05) is 13.2 Å². The lowest BCUT2D eigenvalue weighted by molar-refractivity contribution is -0.161. The molecule has 1 amide bonds. The van der Waals surface area contributed by atoms with Gasteiger partial charge >= 0.3 is 18.0 Å². The summed E-state index contributed by atoms with van der Waals surface area (Å²) in [6.07, 6.45) is 0.200. The van der Waals surface area contributed by atoms with Gasteiger partial charge in [0.2, 0.25) is 0 Å². The van der Waals surface area contributed by atoms with Crippen LogP contribution in [-0.4, -0.2) is 52.8 Å². The quantitative estimate of drug-likeness (QED) is 0.797. The number of hydrogen-bond acceptors (Lipinski definition) is 5. The van der Waals surface area contributed by atoms with Crippen LogP contribution in [0.25, 0.3) is 0 Å². The summed E-state index contributed by atoms with van der Waals surface area (Å²) in [7, 11) is 0. The second-order valence-electron chi connectivity index (χ2n) is 5.96. The zero-order valence-corrected chi connectivity index (χ0v) is 12.9. The molecule has 1 N–H and O–H groups in total. The van der Waals surface area contributed by atoms with E-state index in [1.807, 2.05) is 0 Å². The summed E-state index contributed by atoms with van der Waals surface area (Å²) in [5.74, 6) is -2.67. The van der Waals surface area contributed by atoms with Crippen LogP contribution in [0.2, 0.25) is 0 Å². The fourth-order valence-electron chi connectivity index (χ4n) is 2.32. The van der Waals surface area contributed by atoms with Gasteiger partial charge in [0, 0.05) is 6.54 Å². The van der Waals surface area contributed by atoms with E-state index in [2.05, 4.69) is 0 Å². The Labute approximate surface area is 124 Å². The third kappa shape index (κ3) is 4.61. The van der Waals surface area contributed by atoms with Crippen molar-refractivity contribution in [3.05, 3.63) is 0 Å². The van der Waals surface area contributed by atoms with Gasteiger partial charge in [-0.15, -0.1) is 0 Å². The number of piperidine rings is 1. The van der Waals surface area contributed by atoms with E-state index in [1.165, 1.54) is 0 Å². The van der Waals surface area contributed by atoms with Gasteiger partial charge < -0.3 is 14.6 Å². The zero-order valence-electron chi connectivity index (χ0n) is 12.9. The number of carbonyl (C=O) groups is 3. The molecular weight excluding hydrogens is 278 g/mol. The Balaban J connectivity index is 2.94. The predicted octanol–water partition coefficient (Wildman–Crippen LogP) is 1.65. The van der Waals surface area contributed by atoms with Crippen LogP contribution in [0.4, 0.5) is 4.79 Å². The van der Waals surface area contributed by atoms with Gasteiger partial charge in [-0.3, -0.25) is 9.69 Å². The van der Waals surface area contributed by atoms with E-state index in [4.69, 9.17) is 9.47 Å². The number of likely N-dealkylation sites (tertiary alicyclic amines) is 1. The fourth-order valence-corrected chi connectivity index (χ4v) is 2.32. The van der Waals surface area contributed by atoms with E-state index in [0.717, 1.165) is 4.90 Å². The lowest BCUT2D eigenvalue weighted by Crippen LogP contribution is -2.55. The molecule has 0 aliphatic carbocycles. The standard InChI is InChI=1S/C14H23NO6/c1-5-20-12(18)9-7-6-8-15(10(9)11(16)17)13(19)21-14(2,3)4/h9-10H,5-8H2,1-4H3,(H,16,17)/t9-,10+/m1/s1. The Kier molecular flexibility index (Phi) is 5.57. The highest BCUT2D eigenvalue weighted by molar-refractivity contribution is 5.87. The number of esters is 1. The summed E-state index contributed by atoms with van der Waals surface area (Å²) in [5.41, 5.74) is -0.725. The highest BCUT2D eigenvalue weighted by Gasteiger charge is 2.45. The number of ether oxygens (including phenoxy) is 2. The second-order valence-corrected chi connectivity index (χ2v) is 5.96. The Morgan fingerprint density at radius 3 is 2.38 bits per heavy atom. The Hall–Kier alpha value is -1.79. The first-order chi connectivity index (χ1) is 9.67. The molecule has 0 radical (unpaired) electrons. The Bertz CT molecular complexity index is 414. The Morgan fingerprint density at radius 1 is 1.29 bits per heavy atom. The van der Waals surface area contributed by atoms with E-state index < -0.39 is 35.6 Å². The maximum atomic E-state index is 12.1. The number of amides is 1. The van der Waals surface area contributed by atoms with Crippen LogP contribution in [0.3, 0.4) is 0 Å². The molecule has 0 saturated carbocycles. The third-order valence-corrected chi connectivity index (χ3v) is 3.10. The summed E-state index contributed by atoms with van der Waals surface area (Å²) in [6.45, 7) is 7.19. The van der Waals surface area contributed by atoms with Crippen LogP contribution >= 0.6 is 0 Å². The molecular formula is C14H23NO6. The molecule has 1 aliphatic rings. The maximum Gasteiger partial charge on any atom is 0.411 e. The summed E-state index contributed by atoms with van der Waals surface area (Å²) < 4.78 is 10.1. The molecule has 0 aromatic rings. The van der Waals surface area contributed by atoms with Crippen molar-refractivity contribution >= 4 is 18.0 Å². The van der Waals surface area contributed by atoms with Crippen LogP contribution in [0, 0.1) is 5.92 Å². The summed E-state index contributed by atoms with van der Waals surface area (Å²) >= 11 is 0. The topological polar surface area (TPSA) is 93.1 Å². The number of rotatable bonds is 3. The van der Waals surface area contributed by atoms with Crippen LogP contribution in [0.1, 0.15) is 40.5 Å². The smallest absolute Gasteiger partial charge is 0.411 e. The number of carbonyl (C=O) groups excluding carboxylic acids is 2. The van der Waals surface area contributed by atoms with Gasteiger partial charge in [0.15, 0.2) is 0 Å². The van der Waals surface area contributed by atoms with Gasteiger partial charge in [-0.05, 0) is 40.5 Å². The molecule has 0 spiro atoms. The number of aliphatic carboxylic acids is 1. The predicted molar refractivity (Wildman–Crippen MR) is 73.7 cm³/mol. The van der Waals surface area contributed by atoms with Gasteiger partial charge in [-0.2, -0.15) is 0 Å². The minimum Gasteiger partial charge on any atom is -0.480 e. The van der Waals surface area contributed by atoms with E-state index in [9.17, 15) is 19.5 Å². The molecule has 1 rings (SSSR count). The molecule has 2 atom stereocenters. The van der Waals surface area contributed by atoms with Gasteiger partial charge in [0.1, 0.15) is 11.6 Å². The fraction of sp³-hybridized carbons (Fsp3) is 0.786. The highest BCUT2D eigenvalue weighted by atomic mass is 16.6. The van der Waals surface area contributed by atoms with E-state index in [1.54, 1.807) is 27.7 Å². The number of nitrogens with zero attached hydrogens (tertiary/aromatic N) is 1. The Morgan fingerprint density at radius 2 is 1.90 bits per heavy atom. The van der Waals surface area contributed by atoms with Crippen molar-refractivity contribution in [3.8, 4) is 0 Å². The first-order valence-electron chi connectivity index (χ1n) is 7.06. The molecule has 1 aliphatic heterocycles. The molecule has 1 heterocycles. The summed E-state index contributed by atoms with van der Waals surface area (Å²) in [5, 5.41) is 9.39. The molecule has 0 aromatic carbocycles. The molecule has 7 heteroatoms. The number of carboxylic acid groups (broad SMARTS) is 1. The largest absolute Gasteiger partial charge is 0.480 e. The molecule has 7 nitrogen and oxygen atoms in total. The van der Waals surface area contributed by atoms with Gasteiger partial charge in [-0.1, -0.05) is 0 Å². The lowest BCUT2D eigenvalue weighted by Gasteiger charge is -2.38. The maximum absolute atomic E-state index is 12.1. The SMILES string of the molecule is CCOC(=O)[C@@H]1CCCN(C(=O)OC(C)(C)C)[C@@H]1C(=O)O. The van der Waals surface area contributed by atoms with Gasteiger partial charge in [-0.25, -0.2) is 9.59 Å². The van der Waals surface area contributed by atoms with Crippen molar-refractivity contribution in [1.82, 2.24) is 4.90 Å². The second kappa shape index (κ2) is 6.78. The van der Waals surface area contributed by atoms with E-state index >= 15 is 0 Å². The van der Waals surface area contributed by atoms with Crippen molar-refractivity contribution in [1.29, 1.82) is 0 Å². The van der Waals surface area contributed by atoms with Crippen molar-refractivity contribution < 1.29 is 29.0 Å². The zero-order chi connectivity index (χ0) is 16.2. The van der Waals surface area contributed by atoms with Gasteiger partial charge in [0.25, 0.3) is 0 Å². The molecule has 120 valence electrons. The van der Waals surface area contributed by atoms with Crippen LogP contribution < -0.4 is 0 Å². The van der Waals surface area contributed by atoms with Crippen LogP contribution in [0.5, 0.6) is 0 Å². The van der Waals surface area contributed by atoms with Crippen LogP contribution in [-0.2, 0) is 19.1 Å². The lowest BCUT2D eigenvalue weighted by atomic mass is 9.89. The molecule has 1 fully saturated rings. The average molecular weight is 301 g/mol. The summed E-state index contributed by atoms with van der Waals surface area (Å²) in [6, 6.07) is -1.24. The van der Waals surface area contributed by atoms with E-state index in [0.29, 0.717) is 12.8 Å². The molecule has 1 saturated heterocycles. The summed E-state index contributed by atoms with van der Waals surface area (Å²) in [4.78, 5) is 36.7. The first kappa shape index (κ1) is 17.3. The van der Waals surface area contributed by atoms with E-state index in [-0.39, 0.29) is 13.2 Å². The first-order valence-corrected chi connectivity index (χ1v) is 7.06. The molecule has 21 heavy (non-hydrogen) atoms. The van der Waals surface area contributed by atoms with Crippen LogP contribution in [0.15, 0.2) is 0 Å². The molecule has 0 unspecified atom stereocenters. The van der Waals surface area contributed by atoms with Gasteiger partial charge in [0.05, 0.1) is 12.5 Å². The highest BCUT2D eigenvalue weighted by Crippen LogP contribution is 2.27. The molecule has 0 bridgehead atoms. The monoisotopic (exact) mass is 301 g/mol. The minimum atomic E-state index is -1.24. The van der Waals surface area contributed by atoms with Crippen molar-refractivity contribution in [3.63, 3.8) is 0 Å². The minimum absolute atomic E-state index is 0.175. The normalized spacial score (nSPS) is 22.6. The number of carboxylic acids is 1. The average Bonchev–Trinajstić information content (AvgIpc) is 2.35. The number of hydrogen-bond donors (Lipinski definition) is 1.